The second kappa shape index (κ2) is 2.69. The molecule has 14 heavy (non-hydrogen) atoms. The highest BCUT2D eigenvalue weighted by Gasteiger charge is 2.52. The SMILES string of the molecule is C=C1C2(C)C=CC(C2)C1(C)C=CC=O. The molecule has 74 valence electrons. The quantitative estimate of drug-likeness (QED) is 0.370. The van der Waals surface area contributed by atoms with Crippen molar-refractivity contribution < 1.29 is 4.79 Å². The highest BCUT2D eigenvalue weighted by atomic mass is 16.1. The van der Waals surface area contributed by atoms with E-state index in [1.807, 2.05) is 6.08 Å². The summed E-state index contributed by atoms with van der Waals surface area (Å²) in [6, 6.07) is 0. The Morgan fingerprint density at radius 1 is 1.57 bits per heavy atom. The monoisotopic (exact) mass is 188 g/mol. The van der Waals surface area contributed by atoms with Crippen LogP contribution in [-0.2, 0) is 4.79 Å². The van der Waals surface area contributed by atoms with Gasteiger partial charge in [-0.05, 0) is 18.4 Å². The molecule has 0 amide bonds. The third-order valence-electron chi connectivity index (χ3n) is 3.97. The zero-order valence-electron chi connectivity index (χ0n) is 8.79. The Balaban J connectivity index is 2.40. The Hall–Kier alpha value is -1.11. The number of aldehydes is 1. The fourth-order valence-corrected chi connectivity index (χ4v) is 2.86. The molecule has 2 rings (SSSR count). The molecule has 0 spiro atoms. The van der Waals surface area contributed by atoms with Crippen molar-refractivity contribution in [1.29, 1.82) is 0 Å². The highest BCUT2D eigenvalue weighted by molar-refractivity contribution is 5.65. The molecule has 3 atom stereocenters. The first-order chi connectivity index (χ1) is 6.53. The lowest BCUT2D eigenvalue weighted by Crippen LogP contribution is -2.23. The van der Waals surface area contributed by atoms with E-state index in [0.29, 0.717) is 5.92 Å². The third-order valence-corrected chi connectivity index (χ3v) is 3.97. The van der Waals surface area contributed by atoms with Crippen molar-refractivity contribution in [2.75, 3.05) is 0 Å². The molecular formula is C13H16O. The predicted molar refractivity (Wildman–Crippen MR) is 57.8 cm³/mol. The van der Waals surface area contributed by atoms with Crippen molar-refractivity contribution in [2.24, 2.45) is 16.7 Å². The van der Waals surface area contributed by atoms with Gasteiger partial charge >= 0.3 is 0 Å². The van der Waals surface area contributed by atoms with Gasteiger partial charge in [0.05, 0.1) is 0 Å². The molecule has 1 saturated carbocycles. The summed E-state index contributed by atoms with van der Waals surface area (Å²) in [7, 11) is 0. The second-order valence-electron chi connectivity index (χ2n) is 4.84. The maximum atomic E-state index is 10.4. The van der Waals surface area contributed by atoms with Crippen LogP contribution in [0.4, 0.5) is 0 Å². The molecule has 0 aromatic rings. The Kier molecular flexibility index (Phi) is 1.82. The maximum Gasteiger partial charge on any atom is 0.142 e. The van der Waals surface area contributed by atoms with Gasteiger partial charge in [-0.3, -0.25) is 4.79 Å². The van der Waals surface area contributed by atoms with E-state index in [2.05, 4.69) is 32.6 Å². The molecule has 0 heterocycles. The van der Waals surface area contributed by atoms with Crippen LogP contribution in [0.25, 0.3) is 0 Å². The van der Waals surface area contributed by atoms with Crippen LogP contribution in [0.15, 0.2) is 36.5 Å². The van der Waals surface area contributed by atoms with Gasteiger partial charge in [-0.2, -0.15) is 0 Å². The van der Waals surface area contributed by atoms with Gasteiger partial charge in [0.1, 0.15) is 6.29 Å². The van der Waals surface area contributed by atoms with E-state index in [1.165, 1.54) is 5.57 Å². The van der Waals surface area contributed by atoms with E-state index in [1.54, 1.807) is 6.08 Å². The lowest BCUT2D eigenvalue weighted by molar-refractivity contribution is -0.104. The van der Waals surface area contributed by atoms with Gasteiger partial charge in [-0.25, -0.2) is 0 Å². The van der Waals surface area contributed by atoms with Crippen molar-refractivity contribution in [2.45, 2.75) is 20.3 Å². The number of carbonyl (C=O) groups is 1. The Morgan fingerprint density at radius 3 is 2.79 bits per heavy atom. The van der Waals surface area contributed by atoms with Crippen LogP contribution in [-0.4, -0.2) is 6.29 Å². The minimum absolute atomic E-state index is 0.00951. The zero-order chi connectivity index (χ0) is 10.4. The Morgan fingerprint density at radius 2 is 2.29 bits per heavy atom. The Bertz CT molecular complexity index is 350. The molecule has 1 heteroatoms. The van der Waals surface area contributed by atoms with E-state index < -0.39 is 0 Å². The first-order valence-corrected chi connectivity index (χ1v) is 5.05. The van der Waals surface area contributed by atoms with E-state index >= 15 is 0 Å². The molecule has 2 aliphatic carbocycles. The predicted octanol–water partition coefficient (Wildman–Crippen LogP) is 2.90. The molecule has 1 nitrogen and oxygen atoms in total. The zero-order valence-corrected chi connectivity index (χ0v) is 8.79. The number of allylic oxidation sites excluding steroid dienone is 5. The minimum atomic E-state index is -0.00951. The molecule has 0 aromatic heterocycles. The summed E-state index contributed by atoms with van der Waals surface area (Å²) in [5, 5.41) is 0. The van der Waals surface area contributed by atoms with Crippen LogP contribution >= 0.6 is 0 Å². The summed E-state index contributed by atoms with van der Waals surface area (Å²) in [6.07, 6.45) is 10.1. The second-order valence-corrected chi connectivity index (χ2v) is 4.84. The highest BCUT2D eigenvalue weighted by Crippen LogP contribution is 2.62. The van der Waals surface area contributed by atoms with Crippen LogP contribution < -0.4 is 0 Å². The minimum Gasteiger partial charge on any atom is -0.299 e. The first kappa shape index (κ1) is 9.45. The van der Waals surface area contributed by atoms with Crippen molar-refractivity contribution in [3.05, 3.63) is 36.5 Å². The molecule has 0 N–H and O–H groups in total. The van der Waals surface area contributed by atoms with Crippen molar-refractivity contribution in [3.63, 3.8) is 0 Å². The molecule has 3 unspecified atom stereocenters. The van der Waals surface area contributed by atoms with Crippen molar-refractivity contribution in [3.8, 4) is 0 Å². The van der Waals surface area contributed by atoms with Gasteiger partial charge in [-0.1, -0.05) is 44.2 Å². The third kappa shape index (κ3) is 0.985. The van der Waals surface area contributed by atoms with E-state index in [4.69, 9.17) is 0 Å². The lowest BCUT2D eigenvalue weighted by atomic mass is 9.71. The molecular weight excluding hydrogens is 172 g/mol. The smallest absolute Gasteiger partial charge is 0.142 e. The standard InChI is InChI=1S/C13H16O/c1-10-12(2)7-5-11(9-12)13(10,3)6-4-8-14/h4-8,11H,1,9H2,2-3H3. The molecule has 0 aromatic carbocycles. The molecule has 0 saturated heterocycles. The van der Waals surface area contributed by atoms with E-state index in [0.717, 1.165) is 12.7 Å². The van der Waals surface area contributed by atoms with Gasteiger partial charge in [0.2, 0.25) is 0 Å². The molecule has 1 fully saturated rings. The van der Waals surface area contributed by atoms with E-state index in [9.17, 15) is 4.79 Å². The number of hydrogen-bond acceptors (Lipinski definition) is 1. The fourth-order valence-electron chi connectivity index (χ4n) is 2.86. The summed E-state index contributed by atoms with van der Waals surface area (Å²) in [4.78, 5) is 10.4. The summed E-state index contributed by atoms with van der Waals surface area (Å²) in [6.45, 7) is 8.60. The average Bonchev–Trinajstić information content (AvgIpc) is 2.63. The topological polar surface area (TPSA) is 17.1 Å². The van der Waals surface area contributed by atoms with Gasteiger partial charge < -0.3 is 0 Å². The summed E-state index contributed by atoms with van der Waals surface area (Å²) >= 11 is 0. The van der Waals surface area contributed by atoms with Crippen molar-refractivity contribution in [1.82, 2.24) is 0 Å². The molecule has 2 bridgehead atoms. The van der Waals surface area contributed by atoms with Crippen LogP contribution in [0.3, 0.4) is 0 Å². The Labute approximate surface area is 85.2 Å². The number of fused-ring (bicyclic) bond motifs is 2. The van der Waals surface area contributed by atoms with Gasteiger partial charge in [0.15, 0.2) is 0 Å². The van der Waals surface area contributed by atoms with Crippen LogP contribution in [0.1, 0.15) is 20.3 Å². The molecule has 0 radical (unpaired) electrons. The normalized spacial score (nSPS) is 45.3. The summed E-state index contributed by atoms with van der Waals surface area (Å²) in [5.41, 5.74) is 1.40. The molecule has 0 aliphatic heterocycles. The first-order valence-electron chi connectivity index (χ1n) is 5.05. The summed E-state index contributed by atoms with van der Waals surface area (Å²) in [5.74, 6) is 0.524. The van der Waals surface area contributed by atoms with Gasteiger partial charge in [0, 0.05) is 10.8 Å². The maximum absolute atomic E-state index is 10.4. The summed E-state index contributed by atoms with van der Waals surface area (Å²) < 4.78 is 0. The average molecular weight is 188 g/mol. The number of rotatable bonds is 2. The number of carbonyl (C=O) groups excluding carboxylic acids is 1. The lowest BCUT2D eigenvalue weighted by Gasteiger charge is -2.33. The molecule has 2 aliphatic rings. The van der Waals surface area contributed by atoms with Crippen LogP contribution in [0.2, 0.25) is 0 Å². The van der Waals surface area contributed by atoms with Crippen LogP contribution in [0.5, 0.6) is 0 Å². The number of hydrogen-bond donors (Lipinski definition) is 0. The largest absolute Gasteiger partial charge is 0.299 e. The fraction of sp³-hybridized carbons (Fsp3) is 0.462. The van der Waals surface area contributed by atoms with Crippen molar-refractivity contribution >= 4 is 6.29 Å². The van der Waals surface area contributed by atoms with E-state index in [-0.39, 0.29) is 10.8 Å². The van der Waals surface area contributed by atoms with Gasteiger partial charge in [0.25, 0.3) is 0 Å². The van der Waals surface area contributed by atoms with Crippen LogP contribution in [0, 0.1) is 16.7 Å². The van der Waals surface area contributed by atoms with Gasteiger partial charge in [-0.15, -0.1) is 0 Å².